The van der Waals surface area contributed by atoms with Crippen LogP contribution in [0.15, 0.2) is 48.5 Å². The fourth-order valence-corrected chi connectivity index (χ4v) is 3.48. The van der Waals surface area contributed by atoms with Crippen LogP contribution >= 0.6 is 0 Å². The zero-order valence-corrected chi connectivity index (χ0v) is 19.9. The van der Waals surface area contributed by atoms with Gasteiger partial charge in [0.05, 0.1) is 0 Å². The molecule has 0 aliphatic heterocycles. The second-order valence-electron chi connectivity index (χ2n) is 8.89. The standard InChI is InChI=1S/C27H41BO2/c1-6-9-10-11-12-23-13-15-24(16-14-23)17-18-25-19-21-26(22-20-25)28(29-8-3)30-27(4,5)7-2/h13-16,19-22H,6-12,17-18H2,1-5H3. The average Bonchev–Trinajstić information content (AvgIpc) is 2.76. The van der Waals surface area contributed by atoms with E-state index in [1.165, 1.54) is 48.8 Å². The molecule has 2 aromatic rings. The van der Waals surface area contributed by atoms with Crippen LogP contribution in [0.4, 0.5) is 0 Å². The minimum absolute atomic E-state index is 0.194. The van der Waals surface area contributed by atoms with Gasteiger partial charge in [0.15, 0.2) is 0 Å². The van der Waals surface area contributed by atoms with Gasteiger partial charge in [0.1, 0.15) is 0 Å². The molecule has 0 bridgehead atoms. The lowest BCUT2D eigenvalue weighted by molar-refractivity contribution is 0.0706. The number of rotatable bonds is 14. The summed E-state index contributed by atoms with van der Waals surface area (Å²) in [6, 6.07) is 18.0. The highest BCUT2D eigenvalue weighted by Gasteiger charge is 2.28. The van der Waals surface area contributed by atoms with E-state index in [-0.39, 0.29) is 12.7 Å². The van der Waals surface area contributed by atoms with Crippen LogP contribution in [0.3, 0.4) is 0 Å². The molecule has 0 heterocycles. The topological polar surface area (TPSA) is 18.5 Å². The number of aryl methyl sites for hydroxylation is 3. The van der Waals surface area contributed by atoms with E-state index in [1.54, 1.807) is 0 Å². The molecule has 0 radical (unpaired) electrons. The Morgan fingerprint density at radius 3 is 1.73 bits per heavy atom. The van der Waals surface area contributed by atoms with Crippen molar-refractivity contribution in [3.05, 3.63) is 65.2 Å². The van der Waals surface area contributed by atoms with E-state index in [2.05, 4.69) is 76.2 Å². The summed E-state index contributed by atoms with van der Waals surface area (Å²) in [6.07, 6.45) is 9.59. The van der Waals surface area contributed by atoms with Crippen LogP contribution < -0.4 is 5.46 Å². The second kappa shape index (κ2) is 13.0. The molecule has 0 N–H and O–H groups in total. The van der Waals surface area contributed by atoms with Crippen LogP contribution in [-0.4, -0.2) is 19.3 Å². The van der Waals surface area contributed by atoms with Crippen molar-refractivity contribution < 1.29 is 9.31 Å². The molecule has 0 saturated carbocycles. The Hall–Kier alpha value is -1.58. The third-order valence-corrected chi connectivity index (χ3v) is 5.89. The fourth-order valence-electron chi connectivity index (χ4n) is 3.48. The summed E-state index contributed by atoms with van der Waals surface area (Å²) in [5.41, 5.74) is 5.13. The van der Waals surface area contributed by atoms with E-state index in [0.29, 0.717) is 6.61 Å². The molecule has 2 aromatic carbocycles. The van der Waals surface area contributed by atoms with Gasteiger partial charge < -0.3 is 9.31 Å². The van der Waals surface area contributed by atoms with Gasteiger partial charge in [-0.2, -0.15) is 0 Å². The van der Waals surface area contributed by atoms with Crippen molar-refractivity contribution >= 4 is 12.6 Å². The molecule has 30 heavy (non-hydrogen) atoms. The van der Waals surface area contributed by atoms with Crippen molar-refractivity contribution in [2.24, 2.45) is 0 Å². The average molecular weight is 408 g/mol. The summed E-state index contributed by atoms with van der Waals surface area (Å²) in [5, 5.41) is 0. The van der Waals surface area contributed by atoms with Crippen LogP contribution in [0.2, 0.25) is 0 Å². The van der Waals surface area contributed by atoms with Crippen molar-refractivity contribution in [1.82, 2.24) is 0 Å². The van der Waals surface area contributed by atoms with Crippen molar-refractivity contribution in [2.75, 3.05) is 6.61 Å². The molecule has 2 nitrogen and oxygen atoms in total. The molecule has 0 spiro atoms. The predicted molar refractivity (Wildman–Crippen MR) is 131 cm³/mol. The lowest BCUT2D eigenvalue weighted by Crippen LogP contribution is -2.43. The molecule has 0 aromatic heterocycles. The van der Waals surface area contributed by atoms with Crippen molar-refractivity contribution in [2.45, 2.75) is 91.6 Å². The van der Waals surface area contributed by atoms with Gasteiger partial charge in [-0.25, -0.2) is 0 Å². The lowest BCUT2D eigenvalue weighted by atomic mass is 9.77. The molecule has 3 heteroatoms. The first-order valence-electron chi connectivity index (χ1n) is 11.9. The first kappa shape index (κ1) is 24.7. The molecule has 0 aliphatic rings. The molecule has 0 amide bonds. The van der Waals surface area contributed by atoms with E-state index >= 15 is 0 Å². The van der Waals surface area contributed by atoms with Gasteiger partial charge in [-0.15, -0.1) is 0 Å². The zero-order valence-electron chi connectivity index (χ0n) is 19.9. The Morgan fingerprint density at radius 1 is 0.700 bits per heavy atom. The molecule has 2 rings (SSSR count). The van der Waals surface area contributed by atoms with Crippen molar-refractivity contribution in [1.29, 1.82) is 0 Å². The van der Waals surface area contributed by atoms with Crippen molar-refractivity contribution in [3.63, 3.8) is 0 Å². The Bertz CT molecular complexity index is 707. The van der Waals surface area contributed by atoms with Gasteiger partial charge in [-0.3, -0.25) is 0 Å². The van der Waals surface area contributed by atoms with Gasteiger partial charge in [-0.1, -0.05) is 81.6 Å². The van der Waals surface area contributed by atoms with Crippen LogP contribution in [0.1, 0.15) is 83.4 Å². The quantitative estimate of drug-likeness (QED) is 0.261. The van der Waals surface area contributed by atoms with Gasteiger partial charge in [0.25, 0.3) is 0 Å². The zero-order chi connectivity index (χ0) is 21.8. The third-order valence-electron chi connectivity index (χ3n) is 5.89. The number of benzene rings is 2. The predicted octanol–water partition coefficient (Wildman–Crippen LogP) is 6.53. The van der Waals surface area contributed by atoms with Crippen LogP contribution in [-0.2, 0) is 28.6 Å². The second-order valence-corrected chi connectivity index (χ2v) is 8.89. The highest BCUT2D eigenvalue weighted by molar-refractivity contribution is 6.61. The van der Waals surface area contributed by atoms with E-state index in [0.717, 1.165) is 24.7 Å². The van der Waals surface area contributed by atoms with Gasteiger partial charge >= 0.3 is 7.12 Å². The first-order valence-corrected chi connectivity index (χ1v) is 11.9. The van der Waals surface area contributed by atoms with E-state index in [1.807, 2.05) is 6.92 Å². The summed E-state index contributed by atoms with van der Waals surface area (Å²) in [6.45, 7) is 11.3. The summed E-state index contributed by atoms with van der Waals surface area (Å²) in [7, 11) is -0.302. The van der Waals surface area contributed by atoms with Crippen LogP contribution in [0.5, 0.6) is 0 Å². The smallest absolute Gasteiger partial charge is 0.408 e. The third kappa shape index (κ3) is 8.66. The number of hydrogen-bond donors (Lipinski definition) is 0. The van der Waals surface area contributed by atoms with E-state index in [9.17, 15) is 0 Å². The lowest BCUT2D eigenvalue weighted by Gasteiger charge is -2.28. The molecular weight excluding hydrogens is 367 g/mol. The van der Waals surface area contributed by atoms with Crippen molar-refractivity contribution in [3.8, 4) is 0 Å². The molecule has 0 atom stereocenters. The minimum Gasteiger partial charge on any atom is -0.408 e. The molecule has 0 fully saturated rings. The highest BCUT2D eigenvalue weighted by Crippen LogP contribution is 2.16. The van der Waals surface area contributed by atoms with Crippen LogP contribution in [0, 0.1) is 0 Å². The molecule has 0 unspecified atom stereocenters. The molecule has 0 saturated heterocycles. The summed E-state index contributed by atoms with van der Waals surface area (Å²) >= 11 is 0. The number of unbranched alkanes of at least 4 members (excludes halogenated alkanes) is 3. The van der Waals surface area contributed by atoms with Gasteiger partial charge in [0.2, 0.25) is 0 Å². The Morgan fingerprint density at radius 2 is 1.23 bits per heavy atom. The van der Waals surface area contributed by atoms with Gasteiger partial charge in [0, 0.05) is 12.2 Å². The monoisotopic (exact) mass is 408 g/mol. The summed E-state index contributed by atoms with van der Waals surface area (Å²) in [5.74, 6) is 0. The number of hydrogen-bond acceptors (Lipinski definition) is 2. The largest absolute Gasteiger partial charge is 0.494 e. The Kier molecular flexibility index (Phi) is 10.7. The maximum atomic E-state index is 6.21. The van der Waals surface area contributed by atoms with E-state index < -0.39 is 0 Å². The Labute approximate surface area is 185 Å². The molecule has 0 aliphatic carbocycles. The summed E-state index contributed by atoms with van der Waals surface area (Å²) < 4.78 is 12.1. The highest BCUT2D eigenvalue weighted by atomic mass is 16.6. The maximum absolute atomic E-state index is 6.21. The SMILES string of the molecule is CCCCCCc1ccc(CCc2ccc(B(OCC)OC(C)(C)CC)cc2)cc1. The minimum atomic E-state index is -0.302. The molecular formula is C27H41BO2. The maximum Gasteiger partial charge on any atom is 0.494 e. The molecule has 164 valence electrons. The van der Waals surface area contributed by atoms with Gasteiger partial charge in [-0.05, 0) is 75.0 Å². The first-order chi connectivity index (χ1) is 14.5. The normalized spacial score (nSPS) is 11.6. The fraction of sp³-hybridized carbons (Fsp3) is 0.556. The Balaban J connectivity index is 1.87. The summed E-state index contributed by atoms with van der Waals surface area (Å²) in [4.78, 5) is 0. The van der Waals surface area contributed by atoms with Crippen LogP contribution in [0.25, 0.3) is 0 Å². The van der Waals surface area contributed by atoms with E-state index in [4.69, 9.17) is 9.31 Å².